The van der Waals surface area contributed by atoms with E-state index in [1.807, 2.05) is 25.2 Å². The number of rotatable bonds is 11. The Morgan fingerprint density at radius 3 is 2.44 bits per heavy atom. The Morgan fingerprint density at radius 2 is 1.79 bits per heavy atom. The summed E-state index contributed by atoms with van der Waals surface area (Å²) in [6.07, 6.45) is 1.66. The summed E-state index contributed by atoms with van der Waals surface area (Å²) in [6.45, 7) is 2.49. The third-order valence-electron chi connectivity index (χ3n) is 5.71. The van der Waals surface area contributed by atoms with Gasteiger partial charge in [-0.05, 0) is 31.0 Å². The lowest BCUT2D eigenvalue weighted by Crippen LogP contribution is -2.40. The van der Waals surface area contributed by atoms with Gasteiger partial charge in [-0.25, -0.2) is 8.42 Å². The highest BCUT2D eigenvalue weighted by Crippen LogP contribution is 2.35. The van der Waals surface area contributed by atoms with Crippen LogP contribution in [0.3, 0.4) is 0 Å². The highest BCUT2D eigenvalue weighted by molar-refractivity contribution is 7.89. The first kappa shape index (κ1) is 25.8. The monoisotopic (exact) mass is 491 g/mol. The first-order chi connectivity index (χ1) is 16.4. The molecule has 1 amide bonds. The van der Waals surface area contributed by atoms with Crippen LogP contribution in [0.15, 0.2) is 47.4 Å². The van der Waals surface area contributed by atoms with Crippen molar-refractivity contribution in [2.45, 2.75) is 17.7 Å². The first-order valence-corrected chi connectivity index (χ1v) is 12.7. The zero-order chi connectivity index (χ0) is 24.6. The Morgan fingerprint density at radius 1 is 1.09 bits per heavy atom. The SMILES string of the molecule is COc1cc(S(=O)(=O)N2CCOCC2)cc(C(=O)NCCCCN(C)c2ccccc2)c1OC. The molecule has 0 saturated carbocycles. The quantitative estimate of drug-likeness (QED) is 0.482. The molecule has 1 fully saturated rings. The molecule has 10 heteroatoms. The van der Waals surface area contributed by atoms with E-state index in [4.69, 9.17) is 14.2 Å². The molecule has 0 radical (unpaired) electrons. The van der Waals surface area contributed by atoms with E-state index in [-0.39, 0.29) is 35.0 Å². The molecule has 0 aromatic heterocycles. The van der Waals surface area contributed by atoms with Gasteiger partial charge in [-0.1, -0.05) is 18.2 Å². The fraction of sp³-hybridized carbons (Fsp3) is 0.458. The number of nitrogens with zero attached hydrogens (tertiary/aromatic N) is 2. The predicted molar refractivity (Wildman–Crippen MR) is 130 cm³/mol. The number of nitrogens with one attached hydrogen (secondary N) is 1. The maximum absolute atomic E-state index is 13.1. The third-order valence-corrected chi connectivity index (χ3v) is 7.58. The standard InChI is InChI=1S/C24H33N3O6S/c1-26(19-9-5-4-6-10-19)12-8-7-11-25-24(28)21-17-20(18-22(31-2)23(21)32-3)34(29,30)27-13-15-33-16-14-27/h4-6,9-10,17-18H,7-8,11-16H2,1-3H3,(H,25,28). The summed E-state index contributed by atoms with van der Waals surface area (Å²) in [5.41, 5.74) is 1.26. The summed E-state index contributed by atoms with van der Waals surface area (Å²) in [7, 11) is 1.06. The molecule has 0 atom stereocenters. The van der Waals surface area contributed by atoms with Crippen LogP contribution in [0.5, 0.6) is 11.5 Å². The van der Waals surface area contributed by atoms with Crippen LogP contribution in [-0.2, 0) is 14.8 Å². The van der Waals surface area contributed by atoms with Crippen molar-refractivity contribution in [3.8, 4) is 11.5 Å². The normalized spacial score (nSPS) is 14.4. The highest BCUT2D eigenvalue weighted by atomic mass is 32.2. The van der Waals surface area contributed by atoms with E-state index in [9.17, 15) is 13.2 Å². The number of unbranched alkanes of at least 4 members (excludes halogenated alkanes) is 1. The van der Waals surface area contributed by atoms with E-state index in [0.717, 1.165) is 25.1 Å². The minimum absolute atomic E-state index is 0.0123. The molecule has 1 N–H and O–H groups in total. The Hall–Kier alpha value is -2.82. The van der Waals surface area contributed by atoms with Gasteiger partial charge in [0.1, 0.15) is 0 Å². The van der Waals surface area contributed by atoms with Crippen molar-refractivity contribution in [3.05, 3.63) is 48.0 Å². The summed E-state index contributed by atoms with van der Waals surface area (Å²) in [6, 6.07) is 12.8. The number of methoxy groups -OCH3 is 2. The number of hydrogen-bond donors (Lipinski definition) is 1. The number of amides is 1. The van der Waals surface area contributed by atoms with Crippen molar-refractivity contribution in [2.75, 3.05) is 65.6 Å². The average Bonchev–Trinajstić information content (AvgIpc) is 2.88. The van der Waals surface area contributed by atoms with E-state index < -0.39 is 15.9 Å². The number of sulfonamides is 1. The van der Waals surface area contributed by atoms with Crippen molar-refractivity contribution in [1.82, 2.24) is 9.62 Å². The number of morpholine rings is 1. The number of benzene rings is 2. The van der Waals surface area contributed by atoms with Crippen molar-refractivity contribution < 1.29 is 27.4 Å². The fourth-order valence-corrected chi connectivity index (χ4v) is 5.23. The van der Waals surface area contributed by atoms with E-state index in [1.165, 1.54) is 30.7 Å². The second-order valence-electron chi connectivity index (χ2n) is 7.94. The summed E-state index contributed by atoms with van der Waals surface area (Å²) in [5, 5.41) is 2.88. The maximum atomic E-state index is 13.1. The zero-order valence-corrected chi connectivity index (χ0v) is 20.8. The number of para-hydroxylation sites is 1. The van der Waals surface area contributed by atoms with Crippen LogP contribution in [0.25, 0.3) is 0 Å². The minimum Gasteiger partial charge on any atom is -0.493 e. The van der Waals surface area contributed by atoms with E-state index in [1.54, 1.807) is 0 Å². The van der Waals surface area contributed by atoms with E-state index in [2.05, 4.69) is 22.3 Å². The van der Waals surface area contributed by atoms with Crippen LogP contribution in [0.1, 0.15) is 23.2 Å². The summed E-state index contributed by atoms with van der Waals surface area (Å²) in [5.74, 6) is -0.0261. The van der Waals surface area contributed by atoms with Gasteiger partial charge in [0.25, 0.3) is 5.91 Å². The molecule has 2 aromatic rings. The number of carbonyl (C=O) groups is 1. The van der Waals surface area contributed by atoms with Gasteiger partial charge in [-0.15, -0.1) is 0 Å². The summed E-state index contributed by atoms with van der Waals surface area (Å²) >= 11 is 0. The molecule has 0 unspecified atom stereocenters. The van der Waals surface area contributed by atoms with Crippen molar-refractivity contribution in [2.24, 2.45) is 0 Å². The van der Waals surface area contributed by atoms with Gasteiger partial charge in [0.2, 0.25) is 10.0 Å². The molecule has 1 aliphatic rings. The molecule has 2 aromatic carbocycles. The van der Waals surface area contributed by atoms with Crippen LogP contribution < -0.4 is 19.7 Å². The maximum Gasteiger partial charge on any atom is 0.255 e. The Labute approximate surface area is 201 Å². The Balaban J connectivity index is 1.67. The average molecular weight is 492 g/mol. The van der Waals surface area contributed by atoms with Crippen molar-refractivity contribution in [1.29, 1.82) is 0 Å². The lowest BCUT2D eigenvalue weighted by molar-refractivity contribution is 0.0730. The first-order valence-electron chi connectivity index (χ1n) is 11.3. The number of ether oxygens (including phenoxy) is 3. The minimum atomic E-state index is -3.81. The van der Waals surface area contributed by atoms with Gasteiger partial charge in [0.15, 0.2) is 11.5 Å². The Kier molecular flexibility index (Phi) is 9.14. The largest absolute Gasteiger partial charge is 0.493 e. The van der Waals surface area contributed by atoms with Gasteiger partial charge in [-0.3, -0.25) is 4.79 Å². The molecule has 1 heterocycles. The molecular formula is C24H33N3O6S. The molecule has 0 bridgehead atoms. The number of anilines is 1. The van der Waals surface area contributed by atoms with Crippen LogP contribution in [-0.4, -0.2) is 79.3 Å². The van der Waals surface area contributed by atoms with Crippen molar-refractivity contribution in [3.63, 3.8) is 0 Å². The van der Waals surface area contributed by atoms with Crippen LogP contribution >= 0.6 is 0 Å². The lowest BCUT2D eigenvalue weighted by atomic mass is 10.1. The van der Waals surface area contributed by atoms with Crippen LogP contribution in [0.2, 0.25) is 0 Å². The van der Waals surface area contributed by atoms with Crippen molar-refractivity contribution >= 4 is 21.6 Å². The molecule has 9 nitrogen and oxygen atoms in total. The fourth-order valence-electron chi connectivity index (χ4n) is 3.78. The Bertz CT molecular complexity index is 1060. The molecule has 1 aliphatic heterocycles. The topological polar surface area (TPSA) is 97.4 Å². The number of hydrogen-bond acceptors (Lipinski definition) is 7. The molecule has 1 saturated heterocycles. The van der Waals surface area contributed by atoms with Gasteiger partial charge >= 0.3 is 0 Å². The van der Waals surface area contributed by atoms with Gasteiger partial charge < -0.3 is 24.4 Å². The lowest BCUT2D eigenvalue weighted by Gasteiger charge is -2.26. The molecule has 0 spiro atoms. The smallest absolute Gasteiger partial charge is 0.255 e. The summed E-state index contributed by atoms with van der Waals surface area (Å²) < 4.78 is 43.6. The molecular weight excluding hydrogens is 458 g/mol. The van der Waals surface area contributed by atoms with Gasteiger partial charge in [0.05, 0.1) is 37.9 Å². The third kappa shape index (κ3) is 6.19. The highest BCUT2D eigenvalue weighted by Gasteiger charge is 2.30. The second kappa shape index (κ2) is 12.0. The second-order valence-corrected chi connectivity index (χ2v) is 9.88. The zero-order valence-electron chi connectivity index (χ0n) is 20.0. The van der Waals surface area contributed by atoms with Crippen LogP contribution in [0, 0.1) is 0 Å². The molecule has 3 rings (SSSR count). The predicted octanol–water partition coefficient (Wildman–Crippen LogP) is 2.37. The van der Waals surface area contributed by atoms with E-state index >= 15 is 0 Å². The molecule has 186 valence electrons. The summed E-state index contributed by atoms with van der Waals surface area (Å²) in [4.78, 5) is 15.1. The molecule has 34 heavy (non-hydrogen) atoms. The van der Waals surface area contributed by atoms with Gasteiger partial charge in [0, 0.05) is 45.0 Å². The molecule has 0 aliphatic carbocycles. The van der Waals surface area contributed by atoms with Gasteiger partial charge in [-0.2, -0.15) is 4.31 Å². The van der Waals surface area contributed by atoms with E-state index in [0.29, 0.717) is 19.8 Å². The van der Waals surface area contributed by atoms with Crippen LogP contribution in [0.4, 0.5) is 5.69 Å². The number of carbonyl (C=O) groups excluding carboxylic acids is 1.